The first kappa shape index (κ1) is 21.5. The summed E-state index contributed by atoms with van der Waals surface area (Å²) in [5, 5.41) is 16.4. The third-order valence-electron chi connectivity index (χ3n) is 6.74. The highest BCUT2D eigenvalue weighted by atomic mass is 35.5. The molecule has 2 aromatic rings. The number of ether oxygens (including phenoxy) is 2. The molecule has 33 heavy (non-hydrogen) atoms. The van der Waals surface area contributed by atoms with Gasteiger partial charge in [-0.05, 0) is 54.6 Å². The van der Waals surface area contributed by atoms with Gasteiger partial charge in [0.05, 0.1) is 16.6 Å². The number of aromatic nitrogens is 1. The first-order chi connectivity index (χ1) is 15.8. The van der Waals surface area contributed by atoms with Gasteiger partial charge in [-0.2, -0.15) is 0 Å². The molecule has 170 valence electrons. The number of aryl methyl sites for hydroxylation is 1. The van der Waals surface area contributed by atoms with Crippen LogP contribution in [0.5, 0.6) is 0 Å². The molecule has 1 saturated heterocycles. The molecule has 7 nitrogen and oxygen atoms in total. The van der Waals surface area contributed by atoms with Crippen LogP contribution in [0.2, 0.25) is 0 Å². The number of fused-ring (bicyclic) bond motifs is 4. The van der Waals surface area contributed by atoms with Gasteiger partial charge in [-0.25, -0.2) is 14.6 Å². The van der Waals surface area contributed by atoms with Crippen molar-refractivity contribution in [1.82, 2.24) is 9.88 Å². The van der Waals surface area contributed by atoms with E-state index in [-0.39, 0.29) is 24.5 Å². The summed E-state index contributed by atoms with van der Waals surface area (Å²) in [6.07, 6.45) is 4.63. The molecule has 0 spiro atoms. The van der Waals surface area contributed by atoms with Crippen LogP contribution in [0.3, 0.4) is 0 Å². The Morgan fingerprint density at radius 3 is 2.85 bits per heavy atom. The number of carbonyl (C=O) groups is 2. The first-order valence-corrected chi connectivity index (χ1v) is 11.3. The van der Waals surface area contributed by atoms with E-state index in [4.69, 9.17) is 26.1 Å². The average molecular weight is 466 g/mol. The van der Waals surface area contributed by atoms with Crippen molar-refractivity contribution in [2.45, 2.75) is 45.8 Å². The van der Waals surface area contributed by atoms with Crippen molar-refractivity contribution in [3.63, 3.8) is 0 Å². The Labute approximate surface area is 195 Å². The van der Waals surface area contributed by atoms with Gasteiger partial charge in [-0.1, -0.05) is 26.0 Å². The standard InChI is InChI=1S/C25H23ClN2O5/c1-4-13-7-8-19-15(9-13)14(5-2)16-11-28-20(21(16)27-19)10-18-17(22(28)29)12-32-23(30)25(18,6-3)33-24(26)31/h4,7-10,29H,5-6,11-12H2,1-3H3/p-1. The number of pyridine rings is 1. The fourth-order valence-corrected chi connectivity index (χ4v) is 5.19. The average Bonchev–Trinajstić information content (AvgIpc) is 3.17. The third kappa shape index (κ3) is 2.99. The Balaban J connectivity index is 1.82. The zero-order valence-corrected chi connectivity index (χ0v) is 19.3. The number of nitrogens with zero attached hydrogens (tertiary/aromatic N) is 2. The summed E-state index contributed by atoms with van der Waals surface area (Å²) >= 11 is 5.51. The van der Waals surface area contributed by atoms with Crippen LogP contribution in [0.15, 0.2) is 41.3 Å². The number of hydrogen-bond donors (Lipinski definition) is 0. The lowest BCUT2D eigenvalue weighted by Gasteiger charge is -2.43. The Kier molecular flexibility index (Phi) is 4.97. The van der Waals surface area contributed by atoms with Gasteiger partial charge in [0.25, 0.3) is 0 Å². The molecule has 1 aromatic carbocycles. The van der Waals surface area contributed by atoms with Crippen molar-refractivity contribution in [1.29, 1.82) is 0 Å². The molecular formula is C25H22ClN2O5-. The molecule has 1 aromatic heterocycles. The number of carbonyl (C=O) groups excluding carboxylic acids is 2. The third-order valence-corrected chi connectivity index (χ3v) is 6.82. The molecule has 0 saturated carbocycles. The molecule has 0 amide bonds. The topological polar surface area (TPSA) is 91.8 Å². The molecule has 0 aliphatic carbocycles. The maximum atomic E-state index is 13.5. The zero-order valence-electron chi connectivity index (χ0n) is 18.5. The number of hydrogen-bond acceptors (Lipinski definition) is 7. The quantitative estimate of drug-likeness (QED) is 0.506. The molecule has 0 radical (unpaired) electrons. The van der Waals surface area contributed by atoms with Crippen LogP contribution in [0.25, 0.3) is 22.7 Å². The normalized spacial score (nSPS) is 22.1. The first-order valence-electron chi connectivity index (χ1n) is 10.9. The monoisotopic (exact) mass is 465 g/mol. The molecule has 3 aliphatic rings. The Bertz CT molecular complexity index is 1420. The van der Waals surface area contributed by atoms with E-state index in [1.807, 2.05) is 25.1 Å². The van der Waals surface area contributed by atoms with Gasteiger partial charge in [0, 0.05) is 40.2 Å². The van der Waals surface area contributed by atoms with E-state index in [0.29, 0.717) is 23.2 Å². The Morgan fingerprint density at radius 2 is 2.18 bits per heavy atom. The van der Waals surface area contributed by atoms with Crippen molar-refractivity contribution in [2.24, 2.45) is 0 Å². The number of cyclic esters (lactones) is 1. The molecule has 0 bridgehead atoms. The fourth-order valence-electron chi connectivity index (χ4n) is 5.06. The Morgan fingerprint density at radius 1 is 1.39 bits per heavy atom. The summed E-state index contributed by atoms with van der Waals surface area (Å²) < 4.78 is 10.5. The molecule has 1 atom stereocenters. The lowest BCUT2D eigenvalue weighted by atomic mass is 9.81. The van der Waals surface area contributed by atoms with E-state index in [2.05, 4.69) is 13.0 Å². The van der Waals surface area contributed by atoms with Crippen LogP contribution < -0.4 is 15.7 Å². The van der Waals surface area contributed by atoms with E-state index in [9.17, 15) is 14.7 Å². The maximum absolute atomic E-state index is 13.5. The predicted octanol–water partition coefficient (Wildman–Crippen LogP) is 2.11. The van der Waals surface area contributed by atoms with Gasteiger partial charge in [0.15, 0.2) is 0 Å². The van der Waals surface area contributed by atoms with E-state index in [1.165, 1.54) is 0 Å². The van der Waals surface area contributed by atoms with Crippen LogP contribution in [-0.2, 0) is 27.2 Å². The minimum atomic E-state index is -1.76. The van der Waals surface area contributed by atoms with Gasteiger partial charge in [-0.3, -0.25) is 0 Å². The smallest absolute Gasteiger partial charge is 0.405 e. The molecule has 4 heterocycles. The van der Waals surface area contributed by atoms with Crippen molar-refractivity contribution in [3.05, 3.63) is 63.0 Å². The van der Waals surface area contributed by atoms with Crippen LogP contribution in [0.4, 0.5) is 4.79 Å². The second-order valence-electron chi connectivity index (χ2n) is 8.25. The highest BCUT2D eigenvalue weighted by Gasteiger charge is 2.52. The van der Waals surface area contributed by atoms with Crippen molar-refractivity contribution in [2.75, 3.05) is 6.61 Å². The van der Waals surface area contributed by atoms with Crippen molar-refractivity contribution < 1.29 is 24.2 Å². The molecule has 1 unspecified atom stereocenters. The molecule has 5 rings (SSSR count). The molecular weight excluding hydrogens is 444 g/mol. The largest absolute Gasteiger partial charge is 0.860 e. The van der Waals surface area contributed by atoms with Crippen molar-refractivity contribution >= 4 is 45.7 Å². The summed E-state index contributed by atoms with van der Waals surface area (Å²) in [5.74, 6) is -1.02. The zero-order chi connectivity index (χ0) is 23.5. The highest BCUT2D eigenvalue weighted by molar-refractivity contribution is 6.61. The highest BCUT2D eigenvalue weighted by Crippen LogP contribution is 2.43. The van der Waals surface area contributed by atoms with Gasteiger partial charge >= 0.3 is 11.4 Å². The minimum absolute atomic E-state index is 0.0781. The maximum Gasteiger partial charge on any atom is 0.405 e. The number of esters is 1. The lowest BCUT2D eigenvalue weighted by Crippen LogP contribution is -2.51. The molecule has 8 heteroatoms. The van der Waals surface area contributed by atoms with E-state index < -0.39 is 17.0 Å². The minimum Gasteiger partial charge on any atom is -0.860 e. The lowest BCUT2D eigenvalue weighted by molar-refractivity contribution is -0.330. The summed E-state index contributed by atoms with van der Waals surface area (Å²) in [4.78, 5) is 31.0. The van der Waals surface area contributed by atoms with Gasteiger partial charge < -0.3 is 19.5 Å². The van der Waals surface area contributed by atoms with Crippen molar-refractivity contribution in [3.8, 4) is 0 Å². The predicted molar refractivity (Wildman–Crippen MR) is 121 cm³/mol. The van der Waals surface area contributed by atoms with Crippen LogP contribution in [0, 0.1) is 0 Å². The molecule has 0 N–H and O–H groups in total. The van der Waals surface area contributed by atoms with E-state index >= 15 is 0 Å². The summed E-state index contributed by atoms with van der Waals surface area (Å²) in [6.45, 7) is 5.95. The number of rotatable bonds is 3. The SMILES string of the molecule is CC=c1ccc2nc3c(c(CC)c2c1)CN1C([O-])=C2COC(=O)C(CC)(OC(=O)Cl)C2=CC=31. The number of benzene rings is 1. The second-order valence-corrected chi connectivity index (χ2v) is 8.55. The summed E-state index contributed by atoms with van der Waals surface area (Å²) in [5.41, 5.74) is 1.26. The summed E-state index contributed by atoms with van der Waals surface area (Å²) in [7, 11) is 0. The van der Waals surface area contributed by atoms with Crippen LogP contribution in [0.1, 0.15) is 38.3 Å². The summed E-state index contributed by atoms with van der Waals surface area (Å²) in [6, 6.07) is 6.10. The van der Waals surface area contributed by atoms with Crippen LogP contribution in [-0.4, -0.2) is 33.5 Å². The van der Waals surface area contributed by atoms with Crippen LogP contribution >= 0.6 is 11.6 Å². The number of halogens is 1. The second kappa shape index (κ2) is 7.63. The van der Waals surface area contributed by atoms with Gasteiger partial charge in [-0.15, -0.1) is 0 Å². The van der Waals surface area contributed by atoms with Gasteiger partial charge in [0.1, 0.15) is 6.61 Å². The molecule has 3 aliphatic heterocycles. The molecule has 1 fully saturated rings. The Hall–Kier alpha value is -3.32. The van der Waals surface area contributed by atoms with E-state index in [0.717, 1.165) is 33.7 Å². The fraction of sp³-hybridized carbons (Fsp3) is 0.320. The van der Waals surface area contributed by atoms with Gasteiger partial charge in [0.2, 0.25) is 5.60 Å². The van der Waals surface area contributed by atoms with E-state index in [1.54, 1.807) is 17.9 Å².